The maximum atomic E-state index is 9.93. The van der Waals surface area contributed by atoms with Gasteiger partial charge in [-0.15, -0.1) is 0 Å². The molecule has 0 rings (SSSR count). The van der Waals surface area contributed by atoms with Gasteiger partial charge in [0, 0.05) is 0 Å². The van der Waals surface area contributed by atoms with E-state index in [4.69, 9.17) is 80.0 Å². The van der Waals surface area contributed by atoms with Gasteiger partial charge in [-0.25, -0.2) is 18.3 Å². The van der Waals surface area contributed by atoms with Crippen molar-refractivity contribution in [2.45, 2.75) is 31.8 Å². The normalized spacial score (nSPS) is 14.8. The molecule has 24 nitrogen and oxygen atoms in total. The first-order chi connectivity index (χ1) is 17.8. The summed E-state index contributed by atoms with van der Waals surface area (Å²) in [6.07, 6.45) is -4.97. The molecule has 0 radical (unpaired) electrons. The molecular formula is C13H40O24P4. The molecular weight excluding hydrogens is 664 g/mol. The lowest BCUT2D eigenvalue weighted by atomic mass is 10.4. The first kappa shape index (κ1) is 50.7. The molecule has 0 amide bonds. The second-order valence-electron chi connectivity index (χ2n) is 6.49. The van der Waals surface area contributed by atoms with Crippen LogP contribution in [0.3, 0.4) is 0 Å². The number of hydrogen-bond donors (Lipinski definition) is 16. The van der Waals surface area contributed by atoms with Crippen LogP contribution in [0, 0.1) is 0 Å². The first-order valence-electron chi connectivity index (χ1n) is 9.78. The lowest BCUT2D eigenvalue weighted by Gasteiger charge is -2.07. The lowest BCUT2D eigenvalue weighted by Crippen LogP contribution is -2.18. The predicted octanol–water partition coefficient (Wildman–Crippen LogP) is -5.57. The Hall–Kier alpha value is 0.120. The van der Waals surface area contributed by atoms with E-state index in [0.717, 1.165) is 0 Å². The third kappa shape index (κ3) is 56.5. The highest BCUT2D eigenvalue weighted by atomic mass is 31.2. The third-order valence-corrected chi connectivity index (χ3v) is 4.53. The number of aliphatic hydroxyl groups is 8. The SMILES string of the molecule is C.O=P(O)(O)OCC(O)CO.O=P(O)(O)OCC(O)CO.O=P(O)(O)OCC(O)CO.O=P(O)(O)OCC(O)CO. The minimum atomic E-state index is -4.50. The number of phosphoric ester groups is 4. The highest BCUT2D eigenvalue weighted by molar-refractivity contribution is 7.47. The summed E-state index contributed by atoms with van der Waals surface area (Å²) in [5.74, 6) is 0. The highest BCUT2D eigenvalue weighted by Crippen LogP contribution is 2.37. The second-order valence-corrected chi connectivity index (χ2v) is 11.4. The Labute approximate surface area is 233 Å². The Morgan fingerprint density at radius 3 is 0.585 bits per heavy atom. The topological polar surface area (TPSA) is 429 Å². The van der Waals surface area contributed by atoms with Gasteiger partial charge in [0.2, 0.25) is 0 Å². The molecule has 16 N–H and O–H groups in total. The average Bonchev–Trinajstić information content (AvgIpc) is 2.82. The quantitative estimate of drug-likeness (QED) is 0.0666. The number of hydrogen-bond acceptors (Lipinski definition) is 16. The molecule has 0 fully saturated rings. The molecule has 4 unspecified atom stereocenters. The van der Waals surface area contributed by atoms with Crippen LogP contribution in [0.1, 0.15) is 7.43 Å². The zero-order valence-corrected chi connectivity index (χ0v) is 23.8. The van der Waals surface area contributed by atoms with Gasteiger partial charge in [-0.05, 0) is 0 Å². The smallest absolute Gasteiger partial charge is 0.394 e. The van der Waals surface area contributed by atoms with Crippen LogP contribution in [0.2, 0.25) is 0 Å². The molecule has 0 aliphatic carbocycles. The monoisotopic (exact) mass is 704 g/mol. The van der Waals surface area contributed by atoms with Crippen LogP contribution in [-0.2, 0) is 36.4 Å². The number of aliphatic hydroxyl groups excluding tert-OH is 8. The molecule has 41 heavy (non-hydrogen) atoms. The summed E-state index contributed by atoms with van der Waals surface area (Å²) in [4.78, 5) is 64.5. The van der Waals surface area contributed by atoms with Crippen LogP contribution in [0.25, 0.3) is 0 Å². The summed E-state index contributed by atoms with van der Waals surface area (Å²) in [6.45, 7) is -4.61. The highest BCUT2D eigenvalue weighted by Gasteiger charge is 2.18. The van der Waals surface area contributed by atoms with E-state index in [1.54, 1.807) is 0 Å². The van der Waals surface area contributed by atoms with Crippen molar-refractivity contribution in [3.05, 3.63) is 0 Å². The molecule has 0 aliphatic heterocycles. The van der Waals surface area contributed by atoms with Crippen molar-refractivity contribution < 1.29 is 116 Å². The second kappa shape index (κ2) is 26.5. The van der Waals surface area contributed by atoms with Crippen LogP contribution in [-0.4, -0.2) is 157 Å². The van der Waals surface area contributed by atoms with Crippen LogP contribution in [0.15, 0.2) is 0 Å². The van der Waals surface area contributed by atoms with Crippen molar-refractivity contribution in [2.75, 3.05) is 52.9 Å². The maximum Gasteiger partial charge on any atom is 0.469 e. The fourth-order valence-corrected chi connectivity index (χ4v) is 2.41. The van der Waals surface area contributed by atoms with Gasteiger partial charge in [-0.1, -0.05) is 7.43 Å². The minimum Gasteiger partial charge on any atom is -0.394 e. The van der Waals surface area contributed by atoms with E-state index in [1.165, 1.54) is 0 Å². The zero-order chi connectivity index (χ0) is 32.8. The van der Waals surface area contributed by atoms with Gasteiger partial charge in [-0.2, -0.15) is 0 Å². The van der Waals surface area contributed by atoms with Crippen molar-refractivity contribution in [3.63, 3.8) is 0 Å². The Morgan fingerprint density at radius 1 is 0.390 bits per heavy atom. The summed E-state index contributed by atoms with van der Waals surface area (Å²) in [7, 11) is -18.0. The van der Waals surface area contributed by atoms with Crippen LogP contribution >= 0.6 is 31.3 Å². The van der Waals surface area contributed by atoms with Crippen molar-refractivity contribution in [1.82, 2.24) is 0 Å². The molecule has 0 bridgehead atoms. The van der Waals surface area contributed by atoms with Gasteiger partial charge in [-0.3, -0.25) is 18.1 Å². The molecule has 4 atom stereocenters. The van der Waals surface area contributed by atoms with E-state index in [1.807, 2.05) is 0 Å². The number of phosphoric acid groups is 4. The van der Waals surface area contributed by atoms with Gasteiger partial charge in [0.05, 0.1) is 52.9 Å². The van der Waals surface area contributed by atoms with Crippen molar-refractivity contribution in [2.24, 2.45) is 0 Å². The Morgan fingerprint density at radius 2 is 0.512 bits per heavy atom. The van der Waals surface area contributed by atoms with Crippen molar-refractivity contribution in [3.8, 4) is 0 Å². The molecule has 0 aromatic carbocycles. The molecule has 0 aliphatic rings. The molecule has 0 saturated heterocycles. The largest absolute Gasteiger partial charge is 0.469 e. The summed E-state index contributed by atoms with van der Waals surface area (Å²) < 4.78 is 55.1. The van der Waals surface area contributed by atoms with Gasteiger partial charge in [0.25, 0.3) is 0 Å². The Bertz CT molecular complexity index is 646. The summed E-state index contributed by atoms with van der Waals surface area (Å²) >= 11 is 0. The summed E-state index contributed by atoms with van der Waals surface area (Å²) in [5, 5.41) is 66.6. The predicted molar refractivity (Wildman–Crippen MR) is 131 cm³/mol. The van der Waals surface area contributed by atoms with Gasteiger partial charge in [0.1, 0.15) is 24.4 Å². The fourth-order valence-electron chi connectivity index (χ4n) is 0.943. The van der Waals surface area contributed by atoms with E-state index >= 15 is 0 Å². The molecule has 0 spiro atoms. The molecule has 28 heteroatoms. The lowest BCUT2D eigenvalue weighted by molar-refractivity contribution is 0.0418. The fraction of sp³-hybridized carbons (Fsp3) is 1.00. The summed E-state index contributed by atoms with van der Waals surface area (Å²) in [5.41, 5.74) is 0. The molecule has 256 valence electrons. The van der Waals surface area contributed by atoms with Crippen LogP contribution in [0.4, 0.5) is 0 Å². The Kier molecular flexibility index (Phi) is 32.8. The maximum absolute atomic E-state index is 9.93. The molecule has 0 saturated carbocycles. The van der Waals surface area contributed by atoms with Gasteiger partial charge < -0.3 is 80.0 Å². The van der Waals surface area contributed by atoms with Crippen molar-refractivity contribution in [1.29, 1.82) is 0 Å². The average molecular weight is 704 g/mol. The molecule has 0 aromatic heterocycles. The van der Waals surface area contributed by atoms with Gasteiger partial charge in [0.15, 0.2) is 0 Å². The van der Waals surface area contributed by atoms with E-state index in [2.05, 4.69) is 18.1 Å². The first-order valence-corrected chi connectivity index (χ1v) is 15.9. The minimum absolute atomic E-state index is 0. The van der Waals surface area contributed by atoms with E-state index in [9.17, 15) is 18.3 Å². The van der Waals surface area contributed by atoms with Crippen LogP contribution in [0.5, 0.6) is 0 Å². The van der Waals surface area contributed by atoms with E-state index in [0.29, 0.717) is 0 Å². The standard InChI is InChI=1S/4C3H9O6P.CH4/c4*4-1-3(5)2-9-10(6,7)8;/h4*3-5H,1-2H2,(H2,6,7,8);1H4. The summed E-state index contributed by atoms with van der Waals surface area (Å²) in [6, 6.07) is 0. The molecule has 0 heterocycles. The van der Waals surface area contributed by atoms with E-state index in [-0.39, 0.29) is 7.43 Å². The van der Waals surface area contributed by atoms with Crippen LogP contribution < -0.4 is 0 Å². The van der Waals surface area contributed by atoms with E-state index < -0.39 is 109 Å². The third-order valence-electron chi connectivity index (χ3n) is 2.58. The Balaban J connectivity index is -0.000000139. The van der Waals surface area contributed by atoms with Crippen molar-refractivity contribution >= 4 is 31.3 Å². The van der Waals surface area contributed by atoms with Gasteiger partial charge >= 0.3 is 31.3 Å². The zero-order valence-electron chi connectivity index (χ0n) is 20.2. The molecule has 0 aromatic rings. The number of rotatable bonds is 16.